The molecule has 1 aromatic carbocycles. The topological polar surface area (TPSA) is 42.5 Å². The molecule has 0 spiro atoms. The average Bonchev–Trinajstić information content (AvgIpc) is 2.70. The van der Waals surface area contributed by atoms with E-state index in [0.717, 1.165) is 24.5 Å². The van der Waals surface area contributed by atoms with Gasteiger partial charge < -0.3 is 20.1 Å². The second-order valence-corrected chi connectivity index (χ2v) is 4.46. The number of hydrogen-bond donors (Lipinski definition) is 2. The number of methoxy groups -OCH3 is 1. The summed E-state index contributed by atoms with van der Waals surface area (Å²) in [5.74, 6) is 0.343. The maximum absolute atomic E-state index is 13.6. The fourth-order valence-corrected chi connectivity index (χ4v) is 2.38. The largest absolute Gasteiger partial charge is 0.494 e. The molecule has 0 bridgehead atoms. The Kier molecular flexibility index (Phi) is 2.55. The van der Waals surface area contributed by atoms with Crippen molar-refractivity contribution in [1.82, 2.24) is 0 Å². The number of anilines is 2. The van der Waals surface area contributed by atoms with Gasteiger partial charge in [-0.25, -0.2) is 4.39 Å². The van der Waals surface area contributed by atoms with E-state index in [4.69, 9.17) is 9.47 Å². The highest BCUT2D eigenvalue weighted by atomic mass is 19.1. The van der Waals surface area contributed by atoms with Gasteiger partial charge in [-0.1, -0.05) is 0 Å². The van der Waals surface area contributed by atoms with Crippen LogP contribution in [0, 0.1) is 11.7 Å². The van der Waals surface area contributed by atoms with Crippen molar-refractivity contribution in [3.63, 3.8) is 0 Å². The Morgan fingerprint density at radius 1 is 1.35 bits per heavy atom. The third-order valence-corrected chi connectivity index (χ3v) is 3.39. The van der Waals surface area contributed by atoms with Crippen LogP contribution in [0.15, 0.2) is 12.1 Å². The van der Waals surface area contributed by atoms with E-state index in [9.17, 15) is 4.39 Å². The van der Waals surface area contributed by atoms with E-state index in [2.05, 4.69) is 10.6 Å². The highest BCUT2D eigenvalue weighted by Gasteiger charge is 2.31. The molecular weight excluding hydrogens is 223 g/mol. The molecule has 2 heterocycles. The standard InChI is InChI=1S/C12H15FN2O2/c1-16-12-3-10-9(2-8(12)13)14-4-7-5-17-6-11(7)15-10/h2-3,7,11,14-15H,4-6H2,1H3. The number of rotatable bonds is 1. The monoisotopic (exact) mass is 238 g/mol. The zero-order chi connectivity index (χ0) is 11.8. The van der Waals surface area contributed by atoms with Gasteiger partial charge in [0.15, 0.2) is 11.6 Å². The summed E-state index contributed by atoms with van der Waals surface area (Å²) in [5.41, 5.74) is 1.67. The van der Waals surface area contributed by atoms with Gasteiger partial charge in [0.1, 0.15) is 0 Å². The van der Waals surface area contributed by atoms with Gasteiger partial charge in [0.05, 0.1) is 37.7 Å². The Morgan fingerprint density at radius 2 is 2.24 bits per heavy atom. The van der Waals surface area contributed by atoms with E-state index in [0.29, 0.717) is 18.6 Å². The fourth-order valence-electron chi connectivity index (χ4n) is 2.38. The summed E-state index contributed by atoms with van der Waals surface area (Å²) < 4.78 is 24.0. The van der Waals surface area contributed by atoms with Gasteiger partial charge >= 0.3 is 0 Å². The lowest BCUT2D eigenvalue weighted by Crippen LogP contribution is -2.29. The SMILES string of the molecule is COc1cc2c(cc1F)NCC1COCC1N2. The molecule has 2 N–H and O–H groups in total. The highest BCUT2D eigenvalue weighted by Crippen LogP contribution is 2.34. The number of fused-ring (bicyclic) bond motifs is 2. The van der Waals surface area contributed by atoms with E-state index in [1.165, 1.54) is 13.2 Å². The lowest BCUT2D eigenvalue weighted by Gasteiger charge is -2.16. The van der Waals surface area contributed by atoms with Crippen molar-refractivity contribution >= 4 is 11.4 Å². The normalized spacial score (nSPS) is 26.2. The van der Waals surface area contributed by atoms with Gasteiger partial charge in [-0.3, -0.25) is 0 Å². The van der Waals surface area contributed by atoms with Crippen molar-refractivity contribution in [2.45, 2.75) is 6.04 Å². The Bertz CT molecular complexity index is 439. The minimum Gasteiger partial charge on any atom is -0.494 e. The molecule has 2 atom stereocenters. The second kappa shape index (κ2) is 4.07. The average molecular weight is 238 g/mol. The number of benzene rings is 1. The first-order valence-corrected chi connectivity index (χ1v) is 5.73. The van der Waals surface area contributed by atoms with Gasteiger partial charge in [0.25, 0.3) is 0 Å². The van der Waals surface area contributed by atoms with Crippen LogP contribution in [0.5, 0.6) is 5.75 Å². The van der Waals surface area contributed by atoms with Gasteiger partial charge in [-0.15, -0.1) is 0 Å². The molecule has 2 unspecified atom stereocenters. The summed E-state index contributed by atoms with van der Waals surface area (Å²) in [5, 5.41) is 6.64. The molecular formula is C12H15FN2O2. The molecule has 2 aliphatic heterocycles. The first-order valence-electron chi connectivity index (χ1n) is 5.73. The molecule has 1 saturated heterocycles. The summed E-state index contributed by atoms with van der Waals surface area (Å²) in [6, 6.07) is 3.46. The van der Waals surface area contributed by atoms with Crippen molar-refractivity contribution in [1.29, 1.82) is 0 Å². The van der Waals surface area contributed by atoms with E-state index in [1.54, 1.807) is 6.07 Å². The number of halogens is 1. The molecule has 0 amide bonds. The molecule has 0 aromatic heterocycles. The van der Waals surface area contributed by atoms with Gasteiger partial charge in [-0.2, -0.15) is 0 Å². The predicted octanol–water partition coefficient (Wildman–Crippen LogP) is 1.69. The smallest absolute Gasteiger partial charge is 0.167 e. The minimum atomic E-state index is -0.344. The highest BCUT2D eigenvalue weighted by molar-refractivity contribution is 5.72. The maximum atomic E-state index is 13.6. The Labute approximate surface area is 99.1 Å². The molecule has 2 aliphatic rings. The van der Waals surface area contributed by atoms with E-state index in [-0.39, 0.29) is 11.6 Å². The molecule has 0 aliphatic carbocycles. The van der Waals surface area contributed by atoms with Crippen LogP contribution in [0.25, 0.3) is 0 Å². The Hall–Kier alpha value is -1.49. The molecule has 92 valence electrons. The van der Waals surface area contributed by atoms with Crippen LogP contribution in [0.4, 0.5) is 15.8 Å². The predicted molar refractivity (Wildman–Crippen MR) is 63.2 cm³/mol. The first-order chi connectivity index (χ1) is 8.28. The summed E-state index contributed by atoms with van der Waals surface area (Å²) >= 11 is 0. The number of nitrogens with one attached hydrogen (secondary N) is 2. The second-order valence-electron chi connectivity index (χ2n) is 4.46. The fraction of sp³-hybridized carbons (Fsp3) is 0.500. The Morgan fingerprint density at radius 3 is 3.06 bits per heavy atom. The molecule has 1 aromatic rings. The van der Waals surface area contributed by atoms with Crippen molar-refractivity contribution in [2.24, 2.45) is 5.92 Å². The van der Waals surface area contributed by atoms with Crippen LogP contribution in [-0.2, 0) is 4.74 Å². The third-order valence-electron chi connectivity index (χ3n) is 3.39. The molecule has 0 saturated carbocycles. The summed E-state index contributed by atoms with van der Waals surface area (Å²) in [7, 11) is 1.47. The van der Waals surface area contributed by atoms with Gasteiger partial charge in [-0.05, 0) is 0 Å². The van der Waals surface area contributed by atoms with Gasteiger partial charge in [0.2, 0.25) is 0 Å². The van der Waals surface area contributed by atoms with Crippen molar-refractivity contribution < 1.29 is 13.9 Å². The van der Waals surface area contributed by atoms with E-state index < -0.39 is 0 Å². The van der Waals surface area contributed by atoms with Crippen LogP contribution >= 0.6 is 0 Å². The first kappa shape index (κ1) is 10.7. The number of hydrogen-bond acceptors (Lipinski definition) is 4. The summed E-state index contributed by atoms with van der Waals surface area (Å²) in [6.07, 6.45) is 0. The van der Waals surface area contributed by atoms with Crippen LogP contribution in [0.1, 0.15) is 0 Å². The molecule has 17 heavy (non-hydrogen) atoms. The third kappa shape index (κ3) is 1.80. The van der Waals surface area contributed by atoms with Crippen LogP contribution in [0.2, 0.25) is 0 Å². The quantitative estimate of drug-likeness (QED) is 0.781. The van der Waals surface area contributed by atoms with Crippen LogP contribution in [0.3, 0.4) is 0 Å². The van der Waals surface area contributed by atoms with Crippen LogP contribution < -0.4 is 15.4 Å². The van der Waals surface area contributed by atoms with Crippen molar-refractivity contribution in [2.75, 3.05) is 37.5 Å². The van der Waals surface area contributed by atoms with Crippen molar-refractivity contribution in [3.05, 3.63) is 17.9 Å². The minimum absolute atomic E-state index is 0.260. The lowest BCUT2D eigenvalue weighted by atomic mass is 10.0. The number of ether oxygens (including phenoxy) is 2. The molecule has 5 heteroatoms. The zero-order valence-corrected chi connectivity index (χ0v) is 9.63. The summed E-state index contributed by atoms with van der Waals surface area (Å²) in [6.45, 7) is 2.25. The maximum Gasteiger partial charge on any atom is 0.167 e. The molecule has 3 rings (SSSR count). The molecule has 4 nitrogen and oxygen atoms in total. The molecule has 1 fully saturated rings. The van der Waals surface area contributed by atoms with E-state index in [1.807, 2.05) is 0 Å². The van der Waals surface area contributed by atoms with Gasteiger partial charge in [0, 0.05) is 24.6 Å². The zero-order valence-electron chi connectivity index (χ0n) is 9.63. The van der Waals surface area contributed by atoms with E-state index >= 15 is 0 Å². The lowest BCUT2D eigenvalue weighted by molar-refractivity contribution is 0.186. The molecule has 0 radical (unpaired) electrons. The van der Waals surface area contributed by atoms with Crippen molar-refractivity contribution in [3.8, 4) is 5.75 Å². The summed E-state index contributed by atoms with van der Waals surface area (Å²) in [4.78, 5) is 0. The van der Waals surface area contributed by atoms with Crippen LogP contribution in [-0.4, -0.2) is 32.9 Å². The Balaban J connectivity index is 1.96.